The minimum absolute atomic E-state index is 0.0336. The lowest BCUT2D eigenvalue weighted by molar-refractivity contribution is -0.147. The van der Waals surface area contributed by atoms with Gasteiger partial charge in [0.2, 0.25) is 5.28 Å². The van der Waals surface area contributed by atoms with Crippen molar-refractivity contribution < 1.29 is 22.4 Å². The highest BCUT2D eigenvalue weighted by Crippen LogP contribution is 2.34. The summed E-state index contributed by atoms with van der Waals surface area (Å²) >= 11 is 6.01. The summed E-state index contributed by atoms with van der Waals surface area (Å²) < 4.78 is 55.6. The molecule has 2 aromatic rings. The van der Waals surface area contributed by atoms with Crippen LogP contribution in [-0.4, -0.2) is 51.5 Å². The largest absolute Gasteiger partial charge is 0.365 e. The number of piperidine rings is 1. The van der Waals surface area contributed by atoms with Crippen LogP contribution in [0.1, 0.15) is 41.7 Å². The maximum atomic E-state index is 15.3. The van der Waals surface area contributed by atoms with E-state index in [9.17, 15) is 18.0 Å². The Hall–Kier alpha value is -2.46. The van der Waals surface area contributed by atoms with E-state index >= 15 is 4.39 Å². The highest BCUT2D eigenvalue weighted by Gasteiger charge is 2.45. The zero-order chi connectivity index (χ0) is 23.0. The molecule has 2 aliphatic rings. The maximum Gasteiger partial charge on any atom is 0.266 e. The standard InChI is InChI=1S/C21H22ClF4N5O/c1-30-7-5-21(26,6-8-30)19(32)31-10-14-15(11-31)28-20(22)29-18(14)27-9-12-3-2-4-13(16(12)23)17(24)25/h2-4,17H,5-11H2,1H3,(H,27,28,29). The van der Waals surface area contributed by atoms with Crippen LogP contribution in [0, 0.1) is 5.82 Å². The first-order valence-corrected chi connectivity index (χ1v) is 10.6. The zero-order valence-electron chi connectivity index (χ0n) is 17.3. The number of likely N-dealkylation sites (tertiary alicyclic amines) is 1. The number of fused-ring (bicyclic) bond motifs is 1. The van der Waals surface area contributed by atoms with Crippen LogP contribution in [0.2, 0.25) is 5.28 Å². The normalized spacial score (nSPS) is 18.2. The van der Waals surface area contributed by atoms with Gasteiger partial charge in [-0.2, -0.15) is 0 Å². The van der Waals surface area contributed by atoms with Crippen LogP contribution in [0.15, 0.2) is 18.2 Å². The molecular weight excluding hydrogens is 450 g/mol. The van der Waals surface area contributed by atoms with Gasteiger partial charge in [-0.25, -0.2) is 27.5 Å². The van der Waals surface area contributed by atoms with E-state index in [1.807, 2.05) is 11.9 Å². The second-order valence-electron chi connectivity index (χ2n) is 8.17. The summed E-state index contributed by atoms with van der Waals surface area (Å²) in [4.78, 5) is 24.5. The molecule has 1 saturated heterocycles. The number of rotatable bonds is 5. The van der Waals surface area contributed by atoms with Crippen molar-refractivity contribution >= 4 is 23.3 Å². The Labute approximate surface area is 187 Å². The number of aromatic nitrogens is 2. The minimum Gasteiger partial charge on any atom is -0.365 e. The number of anilines is 1. The molecule has 0 atom stereocenters. The van der Waals surface area contributed by atoms with Crippen LogP contribution in [0.25, 0.3) is 0 Å². The number of benzene rings is 1. The van der Waals surface area contributed by atoms with Crippen molar-refractivity contribution in [1.82, 2.24) is 19.8 Å². The maximum absolute atomic E-state index is 15.3. The molecule has 0 bridgehead atoms. The van der Waals surface area contributed by atoms with Crippen LogP contribution in [0.3, 0.4) is 0 Å². The zero-order valence-corrected chi connectivity index (χ0v) is 18.1. The van der Waals surface area contributed by atoms with Gasteiger partial charge < -0.3 is 15.1 Å². The lowest BCUT2D eigenvalue weighted by atomic mass is 9.92. The quantitative estimate of drug-likeness (QED) is 0.525. The van der Waals surface area contributed by atoms with Crippen LogP contribution in [0.4, 0.5) is 23.4 Å². The smallest absolute Gasteiger partial charge is 0.266 e. The third-order valence-corrected chi connectivity index (χ3v) is 6.16. The van der Waals surface area contributed by atoms with Crippen molar-refractivity contribution in [2.45, 2.75) is 44.6 Å². The monoisotopic (exact) mass is 471 g/mol. The predicted molar refractivity (Wildman–Crippen MR) is 111 cm³/mol. The molecule has 172 valence electrons. The highest BCUT2D eigenvalue weighted by atomic mass is 35.5. The van der Waals surface area contributed by atoms with Gasteiger partial charge in [0.1, 0.15) is 11.6 Å². The Bertz CT molecular complexity index is 1030. The third kappa shape index (κ3) is 4.38. The molecule has 1 fully saturated rings. The van der Waals surface area contributed by atoms with Gasteiger partial charge >= 0.3 is 0 Å². The van der Waals surface area contributed by atoms with E-state index in [1.54, 1.807) is 0 Å². The van der Waals surface area contributed by atoms with Gasteiger partial charge in [-0.1, -0.05) is 18.2 Å². The summed E-state index contributed by atoms with van der Waals surface area (Å²) in [6, 6.07) is 3.77. The number of alkyl halides is 3. The Morgan fingerprint density at radius 1 is 1.25 bits per heavy atom. The van der Waals surface area contributed by atoms with Crippen molar-refractivity contribution in [2.24, 2.45) is 0 Å². The molecule has 6 nitrogen and oxygen atoms in total. The van der Waals surface area contributed by atoms with E-state index in [-0.39, 0.29) is 49.1 Å². The summed E-state index contributed by atoms with van der Waals surface area (Å²) in [5.41, 5.74) is -1.56. The summed E-state index contributed by atoms with van der Waals surface area (Å²) in [5.74, 6) is -1.33. The third-order valence-electron chi connectivity index (χ3n) is 6.00. The highest BCUT2D eigenvalue weighted by molar-refractivity contribution is 6.28. The van der Waals surface area contributed by atoms with Gasteiger partial charge in [0, 0.05) is 43.6 Å². The second kappa shape index (κ2) is 8.82. The van der Waals surface area contributed by atoms with Gasteiger partial charge in [-0.05, 0) is 18.6 Å². The number of carbonyl (C=O) groups excluding carboxylic acids is 1. The molecule has 0 radical (unpaired) electrons. The van der Waals surface area contributed by atoms with Crippen molar-refractivity contribution in [2.75, 3.05) is 25.5 Å². The average Bonchev–Trinajstić information content (AvgIpc) is 3.18. The molecule has 1 aromatic carbocycles. The van der Waals surface area contributed by atoms with E-state index in [0.717, 1.165) is 6.07 Å². The van der Waals surface area contributed by atoms with Gasteiger partial charge in [0.15, 0.2) is 5.67 Å². The molecule has 11 heteroatoms. The van der Waals surface area contributed by atoms with Gasteiger partial charge in [-0.3, -0.25) is 4.79 Å². The lowest BCUT2D eigenvalue weighted by Gasteiger charge is -2.35. The van der Waals surface area contributed by atoms with Crippen molar-refractivity contribution in [3.8, 4) is 0 Å². The number of nitrogens with one attached hydrogen (secondary N) is 1. The molecule has 2 aliphatic heterocycles. The van der Waals surface area contributed by atoms with Crippen LogP contribution in [0.5, 0.6) is 0 Å². The fourth-order valence-corrected chi connectivity index (χ4v) is 4.25. The molecular formula is C21H22ClF4N5O. The molecule has 3 heterocycles. The Morgan fingerprint density at radius 3 is 2.66 bits per heavy atom. The second-order valence-corrected chi connectivity index (χ2v) is 8.51. The average molecular weight is 472 g/mol. The molecule has 0 saturated carbocycles. The van der Waals surface area contributed by atoms with E-state index in [1.165, 1.54) is 17.0 Å². The van der Waals surface area contributed by atoms with Crippen molar-refractivity contribution in [3.05, 3.63) is 51.7 Å². The Balaban J connectivity index is 1.52. The molecule has 4 rings (SSSR count). The van der Waals surface area contributed by atoms with Crippen LogP contribution >= 0.6 is 11.6 Å². The number of nitrogens with zero attached hydrogens (tertiary/aromatic N) is 4. The number of hydrogen-bond acceptors (Lipinski definition) is 5. The number of amides is 1. The Kier molecular flexibility index (Phi) is 6.26. The molecule has 1 N–H and O–H groups in total. The van der Waals surface area contributed by atoms with Gasteiger partial charge in [0.25, 0.3) is 12.3 Å². The molecule has 1 aromatic heterocycles. The van der Waals surface area contributed by atoms with Crippen LogP contribution < -0.4 is 5.32 Å². The summed E-state index contributed by atoms with van der Waals surface area (Å²) in [6.45, 7) is 1.02. The summed E-state index contributed by atoms with van der Waals surface area (Å²) in [5, 5.41) is 2.82. The first-order chi connectivity index (χ1) is 15.2. The number of hydrogen-bond donors (Lipinski definition) is 1. The topological polar surface area (TPSA) is 61.4 Å². The first-order valence-electron chi connectivity index (χ1n) is 10.2. The minimum atomic E-state index is -2.93. The summed E-state index contributed by atoms with van der Waals surface area (Å²) in [7, 11) is 1.88. The van der Waals surface area contributed by atoms with Crippen molar-refractivity contribution in [3.63, 3.8) is 0 Å². The molecule has 0 aliphatic carbocycles. The van der Waals surface area contributed by atoms with Gasteiger partial charge in [-0.15, -0.1) is 0 Å². The SMILES string of the molecule is CN1CCC(F)(C(=O)N2Cc3nc(Cl)nc(NCc4cccc(C(F)F)c4F)c3C2)CC1. The summed E-state index contributed by atoms with van der Waals surface area (Å²) in [6.07, 6.45) is -2.70. The van der Waals surface area contributed by atoms with E-state index in [2.05, 4.69) is 15.3 Å². The molecule has 32 heavy (non-hydrogen) atoms. The fourth-order valence-electron chi connectivity index (χ4n) is 4.07. The molecule has 0 unspecified atom stereocenters. The lowest BCUT2D eigenvalue weighted by Crippen LogP contribution is -2.50. The number of carbonyl (C=O) groups is 1. The van der Waals surface area contributed by atoms with E-state index < -0.39 is 29.4 Å². The van der Waals surface area contributed by atoms with E-state index in [4.69, 9.17) is 11.6 Å². The molecule has 0 spiro atoms. The first kappa shape index (κ1) is 22.7. The predicted octanol–water partition coefficient (Wildman–Crippen LogP) is 4.09. The van der Waals surface area contributed by atoms with Gasteiger partial charge in [0.05, 0.1) is 24.3 Å². The van der Waals surface area contributed by atoms with E-state index in [0.29, 0.717) is 24.3 Å². The van der Waals surface area contributed by atoms with Crippen molar-refractivity contribution in [1.29, 1.82) is 0 Å². The Morgan fingerprint density at radius 2 is 1.97 bits per heavy atom. The fraction of sp³-hybridized carbons (Fsp3) is 0.476. The molecule has 1 amide bonds. The van der Waals surface area contributed by atoms with Crippen LogP contribution in [-0.2, 0) is 24.4 Å². The number of halogens is 5.